The van der Waals surface area contributed by atoms with Crippen molar-refractivity contribution in [2.24, 2.45) is 0 Å². The predicted octanol–water partition coefficient (Wildman–Crippen LogP) is 4.31. The zero-order chi connectivity index (χ0) is 19.6. The minimum Gasteiger partial charge on any atom is -0.298 e. The number of hydrogen-bond acceptors (Lipinski definition) is 4. The van der Waals surface area contributed by atoms with Gasteiger partial charge in [0.15, 0.2) is 11.5 Å². The number of benzene rings is 1. The molecule has 1 atom stereocenters. The normalized spacial score (nSPS) is 17.6. The van der Waals surface area contributed by atoms with Gasteiger partial charge in [0.05, 0.1) is 0 Å². The van der Waals surface area contributed by atoms with Crippen LogP contribution in [0.25, 0.3) is 16.8 Å². The molecule has 3 aromatic heterocycles. The summed E-state index contributed by atoms with van der Waals surface area (Å²) in [4.78, 5) is 11.3. The standard InChI is InChI=1S/C23H22FN5/c24-21-5-1-3-18(13-21)19-6-7-22-26-23(27-29(22)16-19)20-4-2-12-28(15-20)14-17-8-10-25-11-9-17/h1,3,5-11,13,16,20H,2,4,12,14-15H2/t20-/m1/s1. The van der Waals surface area contributed by atoms with Crippen LogP contribution in [0.5, 0.6) is 0 Å². The Morgan fingerprint density at radius 3 is 2.79 bits per heavy atom. The lowest BCUT2D eigenvalue weighted by molar-refractivity contribution is 0.196. The summed E-state index contributed by atoms with van der Waals surface area (Å²) in [6.07, 6.45) is 7.85. The lowest BCUT2D eigenvalue weighted by Crippen LogP contribution is -2.34. The molecule has 1 aliphatic rings. The van der Waals surface area contributed by atoms with Crippen LogP contribution in [-0.4, -0.2) is 37.6 Å². The van der Waals surface area contributed by atoms with Gasteiger partial charge in [0.1, 0.15) is 5.82 Å². The molecule has 29 heavy (non-hydrogen) atoms. The summed E-state index contributed by atoms with van der Waals surface area (Å²) in [6, 6.07) is 14.7. The molecule has 1 fully saturated rings. The highest BCUT2D eigenvalue weighted by Crippen LogP contribution is 2.27. The van der Waals surface area contributed by atoms with Gasteiger partial charge in [-0.1, -0.05) is 12.1 Å². The Labute approximate surface area is 168 Å². The topological polar surface area (TPSA) is 46.3 Å². The molecule has 1 aliphatic heterocycles. The average molecular weight is 387 g/mol. The summed E-state index contributed by atoms with van der Waals surface area (Å²) >= 11 is 0. The zero-order valence-electron chi connectivity index (χ0n) is 16.1. The van der Waals surface area contributed by atoms with Crippen LogP contribution in [0, 0.1) is 5.82 Å². The Kier molecular flexibility index (Phi) is 4.77. The van der Waals surface area contributed by atoms with Crippen LogP contribution in [0.1, 0.15) is 30.1 Å². The summed E-state index contributed by atoms with van der Waals surface area (Å²) in [5.74, 6) is 0.974. The largest absolute Gasteiger partial charge is 0.298 e. The number of hydrogen-bond donors (Lipinski definition) is 0. The number of pyridine rings is 2. The maximum atomic E-state index is 13.6. The first-order chi connectivity index (χ1) is 14.2. The molecule has 0 N–H and O–H groups in total. The first kappa shape index (κ1) is 17.9. The third-order valence-electron chi connectivity index (χ3n) is 5.53. The van der Waals surface area contributed by atoms with Crippen molar-refractivity contribution in [2.75, 3.05) is 13.1 Å². The second kappa shape index (κ2) is 7.72. The fraction of sp³-hybridized carbons (Fsp3) is 0.261. The van der Waals surface area contributed by atoms with E-state index in [0.29, 0.717) is 5.92 Å². The molecule has 4 aromatic rings. The van der Waals surface area contributed by atoms with Gasteiger partial charge in [-0.2, -0.15) is 5.10 Å². The van der Waals surface area contributed by atoms with E-state index in [1.807, 2.05) is 41.3 Å². The van der Waals surface area contributed by atoms with E-state index in [1.165, 1.54) is 17.7 Å². The molecule has 0 bridgehead atoms. The SMILES string of the molecule is Fc1cccc(-c2ccc3nc([C@@H]4CCCN(Cc5ccncc5)C4)nn3c2)c1. The highest BCUT2D eigenvalue weighted by molar-refractivity contribution is 5.64. The monoisotopic (exact) mass is 387 g/mol. The fourth-order valence-corrected chi connectivity index (χ4v) is 4.07. The Balaban J connectivity index is 1.37. The van der Waals surface area contributed by atoms with Crippen molar-refractivity contribution < 1.29 is 4.39 Å². The van der Waals surface area contributed by atoms with Crippen LogP contribution in [0.15, 0.2) is 67.1 Å². The molecular weight excluding hydrogens is 365 g/mol. The van der Waals surface area contributed by atoms with Gasteiger partial charge in [0, 0.05) is 43.2 Å². The van der Waals surface area contributed by atoms with E-state index in [4.69, 9.17) is 10.1 Å². The average Bonchev–Trinajstić information content (AvgIpc) is 3.18. The van der Waals surface area contributed by atoms with Crippen LogP contribution in [0.2, 0.25) is 0 Å². The van der Waals surface area contributed by atoms with Crippen molar-refractivity contribution in [1.82, 2.24) is 24.5 Å². The summed E-state index contributed by atoms with van der Waals surface area (Å²) in [6.45, 7) is 2.97. The van der Waals surface area contributed by atoms with Crippen molar-refractivity contribution in [3.05, 3.63) is 84.3 Å². The van der Waals surface area contributed by atoms with Crippen molar-refractivity contribution in [3.8, 4) is 11.1 Å². The Morgan fingerprint density at radius 1 is 1.03 bits per heavy atom. The molecule has 6 heteroatoms. The van der Waals surface area contributed by atoms with Gasteiger partial charge in [-0.15, -0.1) is 0 Å². The minimum absolute atomic E-state index is 0.238. The smallest absolute Gasteiger partial charge is 0.156 e. The third kappa shape index (κ3) is 3.89. The number of rotatable bonds is 4. The number of likely N-dealkylation sites (tertiary alicyclic amines) is 1. The molecule has 4 heterocycles. The van der Waals surface area contributed by atoms with Gasteiger partial charge in [0.25, 0.3) is 0 Å². The number of piperidine rings is 1. The number of fused-ring (bicyclic) bond motifs is 1. The summed E-state index contributed by atoms with van der Waals surface area (Å²) < 4.78 is 15.4. The van der Waals surface area contributed by atoms with E-state index in [1.54, 1.807) is 6.07 Å². The van der Waals surface area contributed by atoms with Crippen LogP contribution >= 0.6 is 0 Å². The van der Waals surface area contributed by atoms with Crippen LogP contribution in [-0.2, 0) is 6.54 Å². The molecular formula is C23H22FN5. The molecule has 0 saturated carbocycles. The van der Waals surface area contributed by atoms with E-state index in [0.717, 1.165) is 55.1 Å². The fourth-order valence-electron chi connectivity index (χ4n) is 4.07. The van der Waals surface area contributed by atoms with Gasteiger partial charge in [0.2, 0.25) is 0 Å². The molecule has 0 spiro atoms. The second-order valence-corrected chi connectivity index (χ2v) is 7.63. The van der Waals surface area contributed by atoms with E-state index >= 15 is 0 Å². The molecule has 1 aromatic carbocycles. The maximum absolute atomic E-state index is 13.6. The van der Waals surface area contributed by atoms with Crippen LogP contribution < -0.4 is 0 Å². The van der Waals surface area contributed by atoms with E-state index in [2.05, 4.69) is 22.0 Å². The lowest BCUT2D eigenvalue weighted by atomic mass is 9.97. The minimum atomic E-state index is -0.238. The van der Waals surface area contributed by atoms with Gasteiger partial charge in [-0.3, -0.25) is 9.88 Å². The maximum Gasteiger partial charge on any atom is 0.156 e. The van der Waals surface area contributed by atoms with E-state index in [9.17, 15) is 4.39 Å². The number of nitrogens with zero attached hydrogens (tertiary/aromatic N) is 5. The molecule has 5 nitrogen and oxygen atoms in total. The Hall–Kier alpha value is -3.12. The lowest BCUT2D eigenvalue weighted by Gasteiger charge is -2.31. The number of aromatic nitrogens is 4. The Morgan fingerprint density at radius 2 is 1.93 bits per heavy atom. The van der Waals surface area contributed by atoms with Gasteiger partial charge >= 0.3 is 0 Å². The highest BCUT2D eigenvalue weighted by atomic mass is 19.1. The van der Waals surface area contributed by atoms with Crippen LogP contribution in [0.4, 0.5) is 4.39 Å². The first-order valence-corrected chi connectivity index (χ1v) is 9.98. The van der Waals surface area contributed by atoms with Crippen molar-refractivity contribution >= 4 is 5.65 Å². The van der Waals surface area contributed by atoms with E-state index in [-0.39, 0.29) is 5.82 Å². The number of halogens is 1. The predicted molar refractivity (Wildman–Crippen MR) is 110 cm³/mol. The summed E-state index contributed by atoms with van der Waals surface area (Å²) in [5, 5.41) is 4.76. The van der Waals surface area contributed by atoms with Crippen LogP contribution in [0.3, 0.4) is 0 Å². The Bertz CT molecular complexity index is 1120. The van der Waals surface area contributed by atoms with Crippen molar-refractivity contribution in [2.45, 2.75) is 25.3 Å². The molecule has 5 rings (SSSR count). The quantitative estimate of drug-likeness (QED) is 0.524. The van der Waals surface area contributed by atoms with Gasteiger partial charge < -0.3 is 0 Å². The van der Waals surface area contributed by atoms with Gasteiger partial charge in [-0.05, 0) is 66.9 Å². The molecule has 0 radical (unpaired) electrons. The molecule has 1 saturated heterocycles. The highest BCUT2D eigenvalue weighted by Gasteiger charge is 2.24. The second-order valence-electron chi connectivity index (χ2n) is 7.63. The van der Waals surface area contributed by atoms with E-state index < -0.39 is 0 Å². The molecule has 0 aliphatic carbocycles. The summed E-state index contributed by atoms with van der Waals surface area (Å²) in [5.41, 5.74) is 3.87. The molecule has 0 unspecified atom stereocenters. The summed E-state index contributed by atoms with van der Waals surface area (Å²) in [7, 11) is 0. The molecule has 0 amide bonds. The van der Waals surface area contributed by atoms with Crippen molar-refractivity contribution in [1.29, 1.82) is 0 Å². The molecule has 146 valence electrons. The van der Waals surface area contributed by atoms with Crippen molar-refractivity contribution in [3.63, 3.8) is 0 Å². The third-order valence-corrected chi connectivity index (χ3v) is 5.53. The van der Waals surface area contributed by atoms with Gasteiger partial charge in [-0.25, -0.2) is 13.9 Å². The first-order valence-electron chi connectivity index (χ1n) is 9.98. The zero-order valence-corrected chi connectivity index (χ0v) is 16.1.